The quantitative estimate of drug-likeness (QED) is 0.251. The highest BCUT2D eigenvalue weighted by molar-refractivity contribution is 6.14. The SMILES string of the molecule is C=CCOc1ccc(/C=C2\CN(Cc3ccccc3)C/C(=C\c3ccc(OCC=C)cc3)C2=O)cc1. The third kappa shape index (κ3) is 6.94. The predicted octanol–water partition coefficient (Wildman–Crippen LogP) is 6.37. The zero-order valence-corrected chi connectivity index (χ0v) is 20.4. The van der Waals surface area contributed by atoms with Crippen LogP contribution in [-0.2, 0) is 11.3 Å². The van der Waals surface area contributed by atoms with Crippen molar-refractivity contribution in [1.82, 2.24) is 4.90 Å². The van der Waals surface area contributed by atoms with Crippen molar-refractivity contribution in [3.8, 4) is 11.5 Å². The van der Waals surface area contributed by atoms with Crippen molar-refractivity contribution in [2.45, 2.75) is 6.54 Å². The number of rotatable bonds is 10. The molecule has 0 spiro atoms. The number of ketones is 1. The van der Waals surface area contributed by atoms with Gasteiger partial charge in [-0.1, -0.05) is 79.9 Å². The van der Waals surface area contributed by atoms with Crippen LogP contribution >= 0.6 is 0 Å². The minimum absolute atomic E-state index is 0.0817. The first-order chi connectivity index (χ1) is 17.6. The van der Waals surface area contributed by atoms with Crippen LogP contribution in [0.1, 0.15) is 16.7 Å². The van der Waals surface area contributed by atoms with Crippen molar-refractivity contribution in [3.05, 3.63) is 132 Å². The number of hydrogen-bond donors (Lipinski definition) is 0. The molecule has 1 aliphatic rings. The van der Waals surface area contributed by atoms with Gasteiger partial charge in [0.1, 0.15) is 24.7 Å². The zero-order chi connectivity index (χ0) is 25.2. The van der Waals surface area contributed by atoms with Crippen LogP contribution in [-0.4, -0.2) is 37.0 Å². The first-order valence-electron chi connectivity index (χ1n) is 12.0. The number of benzene rings is 3. The van der Waals surface area contributed by atoms with Gasteiger partial charge in [0.05, 0.1) is 0 Å². The van der Waals surface area contributed by atoms with E-state index in [9.17, 15) is 4.79 Å². The van der Waals surface area contributed by atoms with Gasteiger partial charge in [-0.3, -0.25) is 9.69 Å². The Labute approximate surface area is 213 Å². The lowest BCUT2D eigenvalue weighted by atomic mass is 9.94. The fourth-order valence-electron chi connectivity index (χ4n) is 4.10. The molecule has 0 unspecified atom stereocenters. The Bertz CT molecular complexity index is 1160. The summed E-state index contributed by atoms with van der Waals surface area (Å²) in [6.45, 7) is 10.2. The Balaban J connectivity index is 1.59. The molecule has 4 nitrogen and oxygen atoms in total. The van der Waals surface area contributed by atoms with Crippen molar-refractivity contribution < 1.29 is 14.3 Å². The molecule has 0 N–H and O–H groups in total. The maximum absolute atomic E-state index is 13.5. The highest BCUT2D eigenvalue weighted by Crippen LogP contribution is 2.25. The van der Waals surface area contributed by atoms with Crippen molar-refractivity contribution in [2.24, 2.45) is 0 Å². The summed E-state index contributed by atoms with van der Waals surface area (Å²) < 4.78 is 11.2. The Morgan fingerprint density at radius 1 is 0.694 bits per heavy atom. The first-order valence-corrected chi connectivity index (χ1v) is 12.0. The van der Waals surface area contributed by atoms with E-state index >= 15 is 0 Å². The van der Waals surface area contributed by atoms with Gasteiger partial charge in [-0.25, -0.2) is 0 Å². The Hall–Kier alpha value is -4.15. The maximum Gasteiger partial charge on any atom is 0.187 e. The van der Waals surface area contributed by atoms with Gasteiger partial charge in [-0.2, -0.15) is 0 Å². The molecule has 0 atom stereocenters. The Kier molecular flexibility index (Phi) is 8.68. The molecular weight excluding hydrogens is 446 g/mol. The topological polar surface area (TPSA) is 38.8 Å². The number of carbonyl (C=O) groups excluding carboxylic acids is 1. The second kappa shape index (κ2) is 12.5. The fraction of sp³-hybridized carbons (Fsp3) is 0.156. The molecule has 0 saturated carbocycles. The number of ether oxygens (including phenoxy) is 2. The number of Topliss-reactive ketones (excluding diaryl/α,β-unsaturated/α-hetero) is 1. The molecule has 0 amide bonds. The van der Waals surface area contributed by atoms with E-state index in [0.717, 1.165) is 40.3 Å². The molecule has 182 valence electrons. The van der Waals surface area contributed by atoms with Gasteiger partial charge < -0.3 is 9.47 Å². The van der Waals surface area contributed by atoms with Crippen molar-refractivity contribution in [2.75, 3.05) is 26.3 Å². The summed E-state index contributed by atoms with van der Waals surface area (Å²) in [5, 5.41) is 0. The molecule has 0 bridgehead atoms. The summed E-state index contributed by atoms with van der Waals surface area (Å²) in [5.41, 5.74) is 4.70. The van der Waals surface area contributed by atoms with Crippen molar-refractivity contribution >= 4 is 17.9 Å². The second-order valence-corrected chi connectivity index (χ2v) is 8.64. The molecule has 36 heavy (non-hydrogen) atoms. The molecular formula is C32H31NO3. The predicted molar refractivity (Wildman–Crippen MR) is 147 cm³/mol. The van der Waals surface area contributed by atoms with Crippen LogP contribution in [0.3, 0.4) is 0 Å². The van der Waals surface area contributed by atoms with Gasteiger partial charge in [0, 0.05) is 30.8 Å². The van der Waals surface area contributed by atoms with Gasteiger partial charge in [0.15, 0.2) is 5.78 Å². The zero-order valence-electron chi connectivity index (χ0n) is 20.4. The summed E-state index contributed by atoms with van der Waals surface area (Å²) in [4.78, 5) is 15.8. The summed E-state index contributed by atoms with van der Waals surface area (Å²) >= 11 is 0. The van der Waals surface area contributed by atoms with Crippen LogP contribution in [0.15, 0.2) is 115 Å². The van der Waals surface area contributed by atoms with Crippen LogP contribution in [0.2, 0.25) is 0 Å². The first kappa shape index (κ1) is 25.0. The van der Waals surface area contributed by atoms with Crippen LogP contribution in [0.25, 0.3) is 12.2 Å². The molecule has 1 heterocycles. The van der Waals surface area contributed by atoms with Gasteiger partial charge >= 0.3 is 0 Å². The van der Waals surface area contributed by atoms with E-state index in [1.807, 2.05) is 78.9 Å². The van der Waals surface area contributed by atoms with Gasteiger partial charge in [0.2, 0.25) is 0 Å². The molecule has 3 aromatic rings. The molecule has 1 aliphatic heterocycles. The minimum Gasteiger partial charge on any atom is -0.490 e. The van der Waals surface area contributed by atoms with E-state index in [4.69, 9.17) is 9.47 Å². The third-order valence-electron chi connectivity index (χ3n) is 5.80. The lowest BCUT2D eigenvalue weighted by Crippen LogP contribution is -2.37. The standard InChI is InChI=1S/C32H31NO3/c1-3-18-35-30-14-10-25(11-15-30)20-28-23-33(22-27-8-6-5-7-9-27)24-29(32(28)34)21-26-12-16-31(17-13-26)36-19-4-2/h3-17,20-21H,1-2,18-19,22-24H2/b28-20+,29-21+. The fourth-order valence-corrected chi connectivity index (χ4v) is 4.10. The maximum atomic E-state index is 13.5. The van der Waals surface area contributed by atoms with Crippen molar-refractivity contribution in [1.29, 1.82) is 0 Å². The van der Waals surface area contributed by atoms with Crippen LogP contribution in [0.4, 0.5) is 0 Å². The average molecular weight is 478 g/mol. The lowest BCUT2D eigenvalue weighted by molar-refractivity contribution is -0.113. The van der Waals surface area contributed by atoms with E-state index in [-0.39, 0.29) is 5.78 Å². The van der Waals surface area contributed by atoms with Crippen LogP contribution in [0.5, 0.6) is 11.5 Å². The molecule has 3 aromatic carbocycles. The molecule has 1 saturated heterocycles. The summed E-state index contributed by atoms with van der Waals surface area (Å²) in [6.07, 6.45) is 7.40. The average Bonchev–Trinajstić information content (AvgIpc) is 2.91. The number of hydrogen-bond acceptors (Lipinski definition) is 4. The monoisotopic (exact) mass is 477 g/mol. The largest absolute Gasteiger partial charge is 0.490 e. The Morgan fingerprint density at radius 3 is 1.61 bits per heavy atom. The van der Waals surface area contributed by atoms with E-state index in [1.165, 1.54) is 5.56 Å². The summed E-state index contributed by atoms with van der Waals surface area (Å²) in [6, 6.07) is 25.9. The second-order valence-electron chi connectivity index (χ2n) is 8.64. The number of piperidine rings is 1. The van der Waals surface area contributed by atoms with Crippen LogP contribution in [0, 0.1) is 0 Å². The highest BCUT2D eigenvalue weighted by Gasteiger charge is 2.26. The van der Waals surface area contributed by atoms with Gasteiger partial charge in [-0.15, -0.1) is 0 Å². The lowest BCUT2D eigenvalue weighted by Gasteiger charge is -2.30. The van der Waals surface area contributed by atoms with E-state index in [1.54, 1.807) is 12.2 Å². The van der Waals surface area contributed by atoms with E-state index < -0.39 is 0 Å². The van der Waals surface area contributed by atoms with Crippen LogP contribution < -0.4 is 9.47 Å². The number of carbonyl (C=O) groups is 1. The minimum atomic E-state index is 0.0817. The van der Waals surface area contributed by atoms with E-state index in [0.29, 0.717) is 26.3 Å². The number of nitrogens with zero attached hydrogens (tertiary/aromatic N) is 1. The van der Waals surface area contributed by atoms with Gasteiger partial charge in [0.25, 0.3) is 0 Å². The Morgan fingerprint density at radius 2 is 1.17 bits per heavy atom. The smallest absolute Gasteiger partial charge is 0.187 e. The molecule has 1 fully saturated rings. The summed E-state index contributed by atoms with van der Waals surface area (Å²) in [5.74, 6) is 1.64. The normalized spacial score (nSPS) is 16.2. The van der Waals surface area contributed by atoms with Gasteiger partial charge in [-0.05, 0) is 53.1 Å². The van der Waals surface area contributed by atoms with Crippen molar-refractivity contribution in [3.63, 3.8) is 0 Å². The third-order valence-corrected chi connectivity index (χ3v) is 5.80. The summed E-state index contributed by atoms with van der Waals surface area (Å²) in [7, 11) is 0. The molecule has 0 aliphatic carbocycles. The number of likely N-dealkylation sites (tertiary alicyclic amines) is 1. The molecule has 4 heteroatoms. The molecule has 4 rings (SSSR count). The van der Waals surface area contributed by atoms with E-state index in [2.05, 4.69) is 30.2 Å². The molecule has 0 radical (unpaired) electrons. The highest BCUT2D eigenvalue weighted by atomic mass is 16.5. The molecule has 0 aromatic heterocycles.